The number of amidine groups is 2. The highest BCUT2D eigenvalue weighted by Gasteiger charge is 2.40. The van der Waals surface area contributed by atoms with Crippen LogP contribution >= 0.6 is 11.6 Å². The zero-order valence-corrected chi connectivity index (χ0v) is 15.5. The Bertz CT molecular complexity index is 934. The Balaban J connectivity index is 1.87. The van der Waals surface area contributed by atoms with E-state index in [9.17, 15) is 13.2 Å². The normalized spacial score (nSPS) is 14.5. The average molecular weight is 412 g/mol. The Kier molecular flexibility index (Phi) is 5.46. The molecule has 10 heteroatoms. The van der Waals surface area contributed by atoms with Crippen LogP contribution in [0.2, 0.25) is 5.02 Å². The van der Waals surface area contributed by atoms with E-state index in [4.69, 9.17) is 22.7 Å². The lowest BCUT2D eigenvalue weighted by Gasteiger charge is -2.26. The number of anilines is 1. The molecule has 1 aliphatic rings. The van der Waals surface area contributed by atoms with Crippen LogP contribution in [-0.2, 0) is 11.3 Å². The van der Waals surface area contributed by atoms with Crippen LogP contribution in [0.4, 0.5) is 18.9 Å². The first-order valence-electron chi connectivity index (χ1n) is 8.27. The number of nitrogens with zero attached hydrogens (tertiary/aromatic N) is 2. The van der Waals surface area contributed by atoms with E-state index >= 15 is 0 Å². The second kappa shape index (κ2) is 7.67. The van der Waals surface area contributed by atoms with Crippen molar-refractivity contribution in [1.82, 2.24) is 4.98 Å². The topological polar surface area (TPSA) is 96.4 Å². The molecule has 0 amide bonds. The van der Waals surface area contributed by atoms with E-state index in [-0.39, 0.29) is 12.1 Å². The third kappa shape index (κ3) is 4.19. The highest BCUT2D eigenvalue weighted by Crippen LogP contribution is 2.37. The molecule has 6 nitrogen and oxygen atoms in total. The molecule has 4 N–H and O–H groups in total. The minimum Gasteiger partial charge on any atom is -0.459 e. The van der Waals surface area contributed by atoms with Crippen molar-refractivity contribution in [1.29, 1.82) is 5.41 Å². The number of aliphatic imine (C=N–C) groups is 1. The highest BCUT2D eigenvalue weighted by atomic mass is 35.5. The predicted molar refractivity (Wildman–Crippen MR) is 101 cm³/mol. The molecule has 0 aliphatic carbocycles. The quantitative estimate of drug-likeness (QED) is 0.513. The van der Waals surface area contributed by atoms with Gasteiger partial charge < -0.3 is 15.8 Å². The van der Waals surface area contributed by atoms with Crippen molar-refractivity contribution >= 4 is 29.1 Å². The van der Waals surface area contributed by atoms with E-state index in [0.717, 1.165) is 0 Å². The molecule has 1 atom stereocenters. The highest BCUT2D eigenvalue weighted by molar-refractivity contribution is 6.30. The molecule has 0 bridgehead atoms. The second-order valence-electron chi connectivity index (χ2n) is 6.32. The number of fused-ring (bicyclic) bond motifs is 1. The summed E-state index contributed by atoms with van der Waals surface area (Å²) in [6, 6.07) is 5.01. The SMILES string of the molecule is CC(c1cc2c(cc1F)CN=C(c1ccc(Cl)cn1)N2)C(F)(F)COC(=N)N. The maximum Gasteiger partial charge on any atom is 0.288 e. The lowest BCUT2D eigenvalue weighted by atomic mass is 9.92. The maximum atomic E-state index is 14.5. The molecule has 28 heavy (non-hydrogen) atoms. The van der Waals surface area contributed by atoms with Crippen molar-refractivity contribution < 1.29 is 17.9 Å². The molecule has 0 saturated carbocycles. The van der Waals surface area contributed by atoms with E-state index in [0.29, 0.717) is 27.8 Å². The fourth-order valence-corrected chi connectivity index (χ4v) is 2.84. The van der Waals surface area contributed by atoms with Crippen LogP contribution in [0.15, 0.2) is 35.5 Å². The monoisotopic (exact) mass is 411 g/mol. The maximum absolute atomic E-state index is 14.5. The molecular weight excluding hydrogens is 395 g/mol. The zero-order valence-electron chi connectivity index (χ0n) is 14.8. The number of hydrogen-bond donors (Lipinski definition) is 3. The molecule has 2 aromatic rings. The number of benzene rings is 1. The van der Waals surface area contributed by atoms with Crippen LogP contribution in [0, 0.1) is 11.2 Å². The van der Waals surface area contributed by atoms with Crippen LogP contribution in [0.3, 0.4) is 0 Å². The number of alkyl halides is 2. The summed E-state index contributed by atoms with van der Waals surface area (Å²) in [4.78, 5) is 8.47. The van der Waals surface area contributed by atoms with Gasteiger partial charge in [-0.25, -0.2) is 13.2 Å². The van der Waals surface area contributed by atoms with Gasteiger partial charge in [0, 0.05) is 17.4 Å². The Labute approximate surface area is 164 Å². The van der Waals surface area contributed by atoms with Gasteiger partial charge in [-0.3, -0.25) is 15.4 Å². The van der Waals surface area contributed by atoms with E-state index in [1.165, 1.54) is 25.3 Å². The fourth-order valence-electron chi connectivity index (χ4n) is 2.73. The van der Waals surface area contributed by atoms with Gasteiger partial charge in [-0.2, -0.15) is 0 Å². The number of nitrogens with two attached hydrogens (primary N) is 1. The number of nitrogens with one attached hydrogen (secondary N) is 2. The molecule has 2 heterocycles. The molecule has 0 radical (unpaired) electrons. The van der Waals surface area contributed by atoms with Crippen LogP contribution < -0.4 is 11.1 Å². The first-order chi connectivity index (χ1) is 13.2. The van der Waals surface area contributed by atoms with Crippen LogP contribution in [0.5, 0.6) is 0 Å². The summed E-state index contributed by atoms with van der Waals surface area (Å²) in [6.07, 6.45) is 1.46. The summed E-state index contributed by atoms with van der Waals surface area (Å²) in [7, 11) is 0. The van der Waals surface area contributed by atoms with Crippen LogP contribution in [0.25, 0.3) is 0 Å². The van der Waals surface area contributed by atoms with Crippen molar-refractivity contribution in [3.63, 3.8) is 0 Å². The molecule has 148 valence electrons. The minimum absolute atomic E-state index is 0.178. The summed E-state index contributed by atoms with van der Waals surface area (Å²) in [6.45, 7) is 0.249. The summed E-state index contributed by atoms with van der Waals surface area (Å²) in [5, 5.41) is 10.4. The largest absolute Gasteiger partial charge is 0.459 e. The van der Waals surface area contributed by atoms with E-state index in [1.54, 1.807) is 12.1 Å². The van der Waals surface area contributed by atoms with Gasteiger partial charge >= 0.3 is 0 Å². The first kappa shape index (κ1) is 19.9. The molecule has 0 saturated heterocycles. The van der Waals surface area contributed by atoms with Crippen molar-refractivity contribution in [3.8, 4) is 0 Å². The van der Waals surface area contributed by atoms with E-state index < -0.39 is 30.3 Å². The summed E-state index contributed by atoms with van der Waals surface area (Å²) in [5.41, 5.74) is 6.29. The van der Waals surface area contributed by atoms with Gasteiger partial charge in [0.15, 0.2) is 12.4 Å². The third-order valence-electron chi connectivity index (χ3n) is 4.37. The molecular formula is C18H17ClF3N5O. The van der Waals surface area contributed by atoms with Gasteiger partial charge in [-0.1, -0.05) is 18.5 Å². The Hall–Kier alpha value is -2.81. The molecule has 1 aromatic carbocycles. The fraction of sp³-hybridized carbons (Fsp3) is 0.278. The average Bonchev–Trinajstić information content (AvgIpc) is 2.65. The summed E-state index contributed by atoms with van der Waals surface area (Å²) < 4.78 is 47.6. The minimum atomic E-state index is -3.43. The van der Waals surface area contributed by atoms with Crippen molar-refractivity contribution in [3.05, 3.63) is 58.1 Å². The first-order valence-corrected chi connectivity index (χ1v) is 8.65. The molecule has 0 spiro atoms. The molecule has 3 rings (SSSR count). The third-order valence-corrected chi connectivity index (χ3v) is 4.60. The number of hydrogen-bond acceptors (Lipinski definition) is 5. The van der Waals surface area contributed by atoms with Gasteiger partial charge in [-0.15, -0.1) is 0 Å². The number of ether oxygens (including phenoxy) is 1. The second-order valence-corrected chi connectivity index (χ2v) is 6.75. The Morgan fingerprint density at radius 2 is 2.18 bits per heavy atom. The lowest BCUT2D eigenvalue weighted by Crippen LogP contribution is -2.33. The molecule has 0 fully saturated rings. The molecule has 1 unspecified atom stereocenters. The van der Waals surface area contributed by atoms with Gasteiger partial charge in [0.25, 0.3) is 11.9 Å². The van der Waals surface area contributed by atoms with Crippen LogP contribution in [0.1, 0.15) is 29.7 Å². The zero-order chi connectivity index (χ0) is 20.5. The van der Waals surface area contributed by atoms with Gasteiger partial charge in [-0.05, 0) is 29.8 Å². The van der Waals surface area contributed by atoms with Crippen LogP contribution in [-0.4, -0.2) is 29.4 Å². The standard InChI is InChI=1S/C18H17ClF3N5O/c1-9(18(21,22)8-28-17(23)24)12-5-15-10(4-13(12)20)6-26-16(27-15)14-3-2-11(19)7-25-14/h2-5,7,9H,6,8H2,1H3,(H3,23,24)(H,26,27). The lowest BCUT2D eigenvalue weighted by molar-refractivity contribution is -0.0649. The molecule has 1 aliphatic heterocycles. The number of halogens is 4. The summed E-state index contributed by atoms with van der Waals surface area (Å²) >= 11 is 5.83. The van der Waals surface area contributed by atoms with E-state index in [1.807, 2.05) is 0 Å². The van der Waals surface area contributed by atoms with Gasteiger partial charge in [0.05, 0.1) is 17.5 Å². The number of rotatable bonds is 5. The molecule has 1 aromatic heterocycles. The van der Waals surface area contributed by atoms with Crippen molar-refractivity contribution in [2.24, 2.45) is 10.7 Å². The number of aromatic nitrogens is 1. The van der Waals surface area contributed by atoms with Gasteiger partial charge in [0.1, 0.15) is 11.5 Å². The number of pyridine rings is 1. The van der Waals surface area contributed by atoms with Gasteiger partial charge in [0.2, 0.25) is 0 Å². The summed E-state index contributed by atoms with van der Waals surface area (Å²) in [5.74, 6) is -5.26. The predicted octanol–water partition coefficient (Wildman–Crippen LogP) is 3.90. The Morgan fingerprint density at radius 3 is 2.82 bits per heavy atom. The smallest absolute Gasteiger partial charge is 0.288 e. The van der Waals surface area contributed by atoms with E-state index in [2.05, 4.69) is 20.0 Å². The van der Waals surface area contributed by atoms with Crippen molar-refractivity contribution in [2.45, 2.75) is 25.3 Å². The Morgan fingerprint density at radius 1 is 1.43 bits per heavy atom. The van der Waals surface area contributed by atoms with Crippen molar-refractivity contribution in [2.75, 3.05) is 11.9 Å².